The molecule has 3 atom stereocenters. The van der Waals surface area contributed by atoms with E-state index < -0.39 is 6.10 Å². The highest BCUT2D eigenvalue weighted by atomic mass is 16.3. The summed E-state index contributed by atoms with van der Waals surface area (Å²) < 4.78 is 0. The van der Waals surface area contributed by atoms with Gasteiger partial charge in [0.05, 0.1) is 6.10 Å². The van der Waals surface area contributed by atoms with Crippen LogP contribution in [-0.4, -0.2) is 11.2 Å². The van der Waals surface area contributed by atoms with Crippen molar-refractivity contribution >= 4 is 0 Å². The normalized spacial score (nSPS) is 15.5. The van der Waals surface area contributed by atoms with E-state index in [1.807, 2.05) is 54.6 Å². The minimum absolute atomic E-state index is 0.0450. The molecule has 0 unspecified atom stereocenters. The quantitative estimate of drug-likeness (QED) is 0.794. The molecule has 0 saturated heterocycles. The highest BCUT2D eigenvalue weighted by Gasteiger charge is 2.24. The molecule has 1 nitrogen and oxygen atoms in total. The molecule has 0 saturated carbocycles. The predicted octanol–water partition coefficient (Wildman–Crippen LogP) is 4.12. The zero-order valence-electron chi connectivity index (χ0n) is 11.2. The molecule has 0 aromatic heterocycles. The van der Waals surface area contributed by atoms with Crippen molar-refractivity contribution in [2.24, 2.45) is 0 Å². The molecule has 2 aromatic carbocycles. The van der Waals surface area contributed by atoms with E-state index in [1.165, 1.54) is 0 Å². The van der Waals surface area contributed by atoms with Gasteiger partial charge in [0.2, 0.25) is 0 Å². The Morgan fingerprint density at radius 2 is 1.37 bits per heavy atom. The van der Waals surface area contributed by atoms with E-state index in [1.54, 1.807) is 0 Å². The Balaban J connectivity index is 2.22. The third-order valence-corrected chi connectivity index (χ3v) is 3.64. The SMILES string of the molecule is C=C[C@H](c1ccccc1)[C@H](O)[C@H](C)c1ccccc1. The summed E-state index contributed by atoms with van der Waals surface area (Å²) in [6.07, 6.45) is 1.36. The standard InChI is InChI=1S/C18H20O/c1-3-17(16-12-8-5-9-13-16)18(19)14(2)15-10-6-4-7-11-15/h3-14,17-19H,1H2,2H3/t14-,17-,18-/m1/s1. The second-order valence-corrected chi connectivity index (χ2v) is 4.86. The number of rotatable bonds is 5. The van der Waals surface area contributed by atoms with Gasteiger partial charge in [0.1, 0.15) is 0 Å². The van der Waals surface area contributed by atoms with Gasteiger partial charge in [-0.25, -0.2) is 0 Å². The van der Waals surface area contributed by atoms with Gasteiger partial charge in [-0.3, -0.25) is 0 Å². The lowest BCUT2D eigenvalue weighted by molar-refractivity contribution is 0.134. The molecule has 0 amide bonds. The maximum atomic E-state index is 10.6. The number of aliphatic hydroxyl groups is 1. The van der Waals surface area contributed by atoms with Crippen molar-refractivity contribution < 1.29 is 5.11 Å². The lowest BCUT2D eigenvalue weighted by Crippen LogP contribution is -2.23. The van der Waals surface area contributed by atoms with Crippen LogP contribution in [0, 0.1) is 0 Å². The fourth-order valence-electron chi connectivity index (χ4n) is 2.41. The van der Waals surface area contributed by atoms with Crippen molar-refractivity contribution in [3.05, 3.63) is 84.4 Å². The molecule has 1 N–H and O–H groups in total. The molecule has 0 spiro atoms. The molecule has 2 aromatic rings. The van der Waals surface area contributed by atoms with Crippen LogP contribution in [-0.2, 0) is 0 Å². The van der Waals surface area contributed by atoms with Crippen LogP contribution in [0.25, 0.3) is 0 Å². The third kappa shape index (κ3) is 3.12. The molecule has 0 bridgehead atoms. The first-order chi connectivity index (χ1) is 9.24. The summed E-state index contributed by atoms with van der Waals surface area (Å²) in [6.45, 7) is 5.93. The predicted molar refractivity (Wildman–Crippen MR) is 80.2 cm³/mol. The fraction of sp³-hybridized carbons (Fsp3) is 0.222. The monoisotopic (exact) mass is 252 g/mol. The Morgan fingerprint density at radius 1 is 0.895 bits per heavy atom. The molecule has 98 valence electrons. The van der Waals surface area contributed by atoms with Crippen molar-refractivity contribution in [3.63, 3.8) is 0 Å². The van der Waals surface area contributed by atoms with Gasteiger partial charge in [-0.2, -0.15) is 0 Å². The average molecular weight is 252 g/mol. The van der Waals surface area contributed by atoms with Gasteiger partial charge in [0.25, 0.3) is 0 Å². The van der Waals surface area contributed by atoms with Gasteiger partial charge in [0.15, 0.2) is 0 Å². The fourth-order valence-corrected chi connectivity index (χ4v) is 2.41. The topological polar surface area (TPSA) is 20.2 Å². The number of hydrogen-bond acceptors (Lipinski definition) is 1. The third-order valence-electron chi connectivity index (χ3n) is 3.64. The van der Waals surface area contributed by atoms with E-state index in [0.29, 0.717) is 0 Å². The Labute approximate surface area is 115 Å². The molecule has 19 heavy (non-hydrogen) atoms. The molecule has 0 heterocycles. The van der Waals surface area contributed by atoms with Crippen LogP contribution >= 0.6 is 0 Å². The minimum atomic E-state index is -0.470. The Morgan fingerprint density at radius 3 is 1.84 bits per heavy atom. The molecule has 2 rings (SSSR count). The van der Waals surface area contributed by atoms with Gasteiger partial charge in [-0.1, -0.05) is 73.7 Å². The number of hydrogen-bond donors (Lipinski definition) is 1. The average Bonchev–Trinajstić information content (AvgIpc) is 2.49. The van der Waals surface area contributed by atoms with Crippen molar-refractivity contribution in [1.82, 2.24) is 0 Å². The molecular weight excluding hydrogens is 232 g/mol. The first-order valence-electron chi connectivity index (χ1n) is 6.64. The molecule has 0 fully saturated rings. The van der Waals surface area contributed by atoms with E-state index in [9.17, 15) is 5.11 Å². The van der Waals surface area contributed by atoms with E-state index in [-0.39, 0.29) is 11.8 Å². The Hall–Kier alpha value is -1.86. The van der Waals surface area contributed by atoms with Crippen LogP contribution in [0.2, 0.25) is 0 Å². The van der Waals surface area contributed by atoms with Gasteiger partial charge in [-0.05, 0) is 11.1 Å². The highest BCUT2D eigenvalue weighted by molar-refractivity contribution is 5.28. The van der Waals surface area contributed by atoms with Crippen molar-refractivity contribution in [1.29, 1.82) is 0 Å². The molecule has 0 aliphatic carbocycles. The van der Waals surface area contributed by atoms with Gasteiger partial charge in [-0.15, -0.1) is 6.58 Å². The second kappa shape index (κ2) is 6.35. The number of benzene rings is 2. The molecule has 0 radical (unpaired) electrons. The number of aliphatic hydroxyl groups excluding tert-OH is 1. The van der Waals surface area contributed by atoms with E-state index in [2.05, 4.69) is 25.6 Å². The zero-order chi connectivity index (χ0) is 13.7. The lowest BCUT2D eigenvalue weighted by Gasteiger charge is -2.26. The summed E-state index contributed by atoms with van der Waals surface area (Å²) in [6, 6.07) is 20.1. The van der Waals surface area contributed by atoms with Crippen LogP contribution in [0.5, 0.6) is 0 Å². The molecule has 0 aliphatic heterocycles. The summed E-state index contributed by atoms with van der Waals surface area (Å²) in [5.41, 5.74) is 2.26. The summed E-state index contributed by atoms with van der Waals surface area (Å²) in [7, 11) is 0. The van der Waals surface area contributed by atoms with Crippen molar-refractivity contribution in [2.75, 3.05) is 0 Å². The molecule has 0 aliphatic rings. The van der Waals surface area contributed by atoms with Crippen LogP contribution in [0.4, 0.5) is 0 Å². The summed E-state index contributed by atoms with van der Waals surface area (Å²) in [4.78, 5) is 0. The Kier molecular flexibility index (Phi) is 4.53. The first-order valence-corrected chi connectivity index (χ1v) is 6.64. The molecule has 1 heteroatoms. The largest absolute Gasteiger partial charge is 0.392 e. The van der Waals surface area contributed by atoms with E-state index >= 15 is 0 Å². The van der Waals surface area contributed by atoms with Crippen LogP contribution in [0.15, 0.2) is 73.3 Å². The molecular formula is C18H20O. The lowest BCUT2D eigenvalue weighted by atomic mass is 9.83. The summed E-state index contributed by atoms with van der Waals surface area (Å²) in [5.74, 6) is 0.0285. The smallest absolute Gasteiger partial charge is 0.0708 e. The maximum absolute atomic E-state index is 10.6. The summed E-state index contributed by atoms with van der Waals surface area (Å²) >= 11 is 0. The first kappa shape index (κ1) is 13.6. The Bertz CT molecular complexity index is 504. The van der Waals surface area contributed by atoms with Crippen molar-refractivity contribution in [3.8, 4) is 0 Å². The summed E-state index contributed by atoms with van der Waals surface area (Å²) in [5, 5.41) is 10.6. The van der Waals surface area contributed by atoms with E-state index in [0.717, 1.165) is 11.1 Å². The van der Waals surface area contributed by atoms with Gasteiger partial charge >= 0.3 is 0 Å². The second-order valence-electron chi connectivity index (χ2n) is 4.86. The van der Waals surface area contributed by atoms with Crippen molar-refractivity contribution in [2.45, 2.75) is 24.9 Å². The zero-order valence-corrected chi connectivity index (χ0v) is 11.2. The maximum Gasteiger partial charge on any atom is 0.0708 e. The minimum Gasteiger partial charge on any atom is -0.392 e. The van der Waals surface area contributed by atoms with Gasteiger partial charge < -0.3 is 5.11 Å². The van der Waals surface area contributed by atoms with Crippen LogP contribution < -0.4 is 0 Å². The van der Waals surface area contributed by atoms with E-state index in [4.69, 9.17) is 0 Å². The van der Waals surface area contributed by atoms with Crippen LogP contribution in [0.1, 0.15) is 29.9 Å². The van der Waals surface area contributed by atoms with Gasteiger partial charge in [0, 0.05) is 11.8 Å². The highest BCUT2D eigenvalue weighted by Crippen LogP contribution is 2.30. The van der Waals surface area contributed by atoms with Crippen LogP contribution in [0.3, 0.4) is 0 Å².